The Hall–Kier alpha value is -4.52. The zero-order valence-electron chi connectivity index (χ0n) is 24.4. The number of halogens is 1. The molecule has 1 aliphatic heterocycles. The molecule has 1 aliphatic carbocycles. The molecule has 7 rings (SSSR count). The second-order valence-corrected chi connectivity index (χ2v) is 12.6. The second-order valence-electron chi connectivity index (χ2n) is 11.8. The first kappa shape index (κ1) is 28.3. The summed E-state index contributed by atoms with van der Waals surface area (Å²) in [4.78, 5) is 54.3. The number of hydrogen-bond acceptors (Lipinski definition) is 8. The summed E-state index contributed by atoms with van der Waals surface area (Å²) in [7, 11) is 0. The number of Topliss-reactive ketones (excluding diaryl/α,β-unsaturated/α-hetero) is 1. The van der Waals surface area contributed by atoms with E-state index in [2.05, 4.69) is 41.3 Å². The predicted molar refractivity (Wildman–Crippen MR) is 166 cm³/mol. The third kappa shape index (κ3) is 5.14. The van der Waals surface area contributed by atoms with Crippen LogP contribution in [-0.2, 0) is 16.1 Å². The molecule has 1 saturated carbocycles. The number of aromatic nitrogens is 7. The van der Waals surface area contributed by atoms with Crippen molar-refractivity contribution in [2.75, 3.05) is 5.32 Å². The maximum Gasteiger partial charge on any atom is 0.248 e. The van der Waals surface area contributed by atoms with Gasteiger partial charge >= 0.3 is 0 Å². The minimum Gasteiger partial charge on any atom is -0.326 e. The molecule has 1 aromatic carbocycles. The van der Waals surface area contributed by atoms with Gasteiger partial charge in [-0.3, -0.25) is 24.0 Å². The quantitative estimate of drug-likeness (QED) is 0.250. The lowest BCUT2D eigenvalue weighted by Gasteiger charge is -2.28. The Balaban J connectivity index is 1.17. The average molecular weight is 657 g/mol. The minimum atomic E-state index is -0.681. The third-order valence-corrected chi connectivity index (χ3v) is 9.05. The molecule has 224 valence electrons. The molecule has 1 saturated heterocycles. The van der Waals surface area contributed by atoms with E-state index in [1.54, 1.807) is 20.3 Å². The Morgan fingerprint density at radius 3 is 2.61 bits per heavy atom. The molecule has 3 atom stereocenters. The molecule has 0 bridgehead atoms. The molecule has 2 fully saturated rings. The van der Waals surface area contributed by atoms with Gasteiger partial charge in [-0.1, -0.05) is 13.0 Å². The topological polar surface area (TPSA) is 140 Å². The van der Waals surface area contributed by atoms with Gasteiger partial charge in [0, 0.05) is 48.3 Å². The number of nitrogens with zero attached hydrogens (tertiary/aromatic N) is 8. The Labute approximate surface area is 261 Å². The van der Waals surface area contributed by atoms with E-state index in [0.717, 1.165) is 35.3 Å². The normalized spacial score (nSPS) is 20.0. The van der Waals surface area contributed by atoms with Gasteiger partial charge in [0.15, 0.2) is 17.2 Å². The number of fused-ring (bicyclic) bond motifs is 2. The average Bonchev–Trinajstić information content (AvgIpc) is 3.55. The molecule has 2 aliphatic rings. The largest absolute Gasteiger partial charge is 0.326 e. The van der Waals surface area contributed by atoms with Crippen LogP contribution < -0.4 is 5.32 Å². The Morgan fingerprint density at radius 1 is 1.05 bits per heavy atom. The third-order valence-electron chi connectivity index (χ3n) is 8.67. The van der Waals surface area contributed by atoms with Crippen LogP contribution in [0.3, 0.4) is 0 Å². The van der Waals surface area contributed by atoms with Gasteiger partial charge in [-0.05, 0) is 65.7 Å². The Morgan fingerprint density at radius 2 is 1.86 bits per heavy atom. The minimum absolute atomic E-state index is 0.106. The van der Waals surface area contributed by atoms with Crippen LogP contribution in [0.5, 0.6) is 0 Å². The molecule has 44 heavy (non-hydrogen) atoms. The summed E-state index contributed by atoms with van der Waals surface area (Å²) in [5, 5.41) is 12.7. The van der Waals surface area contributed by atoms with Crippen molar-refractivity contribution in [1.29, 1.82) is 0 Å². The van der Waals surface area contributed by atoms with Crippen LogP contribution in [-0.4, -0.2) is 68.9 Å². The van der Waals surface area contributed by atoms with Crippen molar-refractivity contribution in [3.05, 3.63) is 65.0 Å². The highest BCUT2D eigenvalue weighted by molar-refractivity contribution is 9.10. The predicted octanol–water partition coefficient (Wildman–Crippen LogP) is 4.64. The number of carbonyl (C=O) groups excluding carboxylic acids is 3. The summed E-state index contributed by atoms with van der Waals surface area (Å²) in [5.74, 6) is 0.145. The van der Waals surface area contributed by atoms with E-state index in [1.807, 2.05) is 44.3 Å². The van der Waals surface area contributed by atoms with Crippen LogP contribution >= 0.6 is 15.9 Å². The maximum atomic E-state index is 13.8. The van der Waals surface area contributed by atoms with Gasteiger partial charge in [0.05, 0.1) is 23.6 Å². The van der Waals surface area contributed by atoms with Crippen LogP contribution in [0.2, 0.25) is 0 Å². The first-order chi connectivity index (χ1) is 21.2. The first-order valence-electron chi connectivity index (χ1n) is 14.6. The lowest BCUT2D eigenvalue weighted by Crippen LogP contribution is -2.47. The summed E-state index contributed by atoms with van der Waals surface area (Å²) < 4.78 is 3.85. The molecule has 13 heteroatoms. The first-order valence-corrected chi connectivity index (χ1v) is 15.4. The fourth-order valence-corrected chi connectivity index (χ4v) is 6.35. The van der Waals surface area contributed by atoms with Crippen LogP contribution in [0.25, 0.3) is 27.7 Å². The summed E-state index contributed by atoms with van der Waals surface area (Å²) in [5.41, 5.74) is 4.52. The standard InChI is InChI=1S/C31H30BrN9O3/c1-16-8-25(31(44)36-27-13-33-12-26(32)35-27)41(17(16)2)29(43)15-39-24-7-6-20(9-22(24)30(38-39)18(3)42)21-11-34-28-10-23(19-4-5-19)37-40(28)14-21/h6-7,9-14,16-17,19,25H,4-5,8,15H2,1-3H3,(H,35,36,44)/t16-,17-,25+/m1/s1. The Kier molecular flexibility index (Phi) is 6.99. The van der Waals surface area contributed by atoms with Crippen LogP contribution in [0.1, 0.15) is 62.1 Å². The highest BCUT2D eigenvalue weighted by Crippen LogP contribution is 2.39. The zero-order chi connectivity index (χ0) is 30.7. The van der Waals surface area contributed by atoms with Gasteiger partial charge in [0.1, 0.15) is 22.9 Å². The number of benzene rings is 1. The molecule has 0 spiro atoms. The summed E-state index contributed by atoms with van der Waals surface area (Å²) in [6, 6.07) is 6.89. The van der Waals surface area contributed by atoms with Crippen molar-refractivity contribution >= 4 is 55.9 Å². The van der Waals surface area contributed by atoms with Gasteiger partial charge in [-0.15, -0.1) is 0 Å². The van der Waals surface area contributed by atoms with E-state index in [9.17, 15) is 14.4 Å². The van der Waals surface area contributed by atoms with Crippen molar-refractivity contribution < 1.29 is 14.4 Å². The molecule has 5 aromatic rings. The van der Waals surface area contributed by atoms with Crippen molar-refractivity contribution in [2.45, 2.75) is 64.6 Å². The molecule has 4 aromatic heterocycles. The Bertz CT molecular complexity index is 1960. The van der Waals surface area contributed by atoms with Crippen LogP contribution in [0.4, 0.5) is 5.82 Å². The van der Waals surface area contributed by atoms with E-state index >= 15 is 0 Å². The van der Waals surface area contributed by atoms with E-state index < -0.39 is 6.04 Å². The number of likely N-dealkylation sites (tertiary alicyclic amines) is 1. The van der Waals surface area contributed by atoms with Crippen molar-refractivity contribution in [2.24, 2.45) is 5.92 Å². The number of rotatable bonds is 7. The molecule has 0 radical (unpaired) electrons. The molecule has 2 amide bonds. The fraction of sp³-hybridized carbons (Fsp3) is 0.355. The van der Waals surface area contributed by atoms with Crippen molar-refractivity contribution in [3.8, 4) is 11.1 Å². The molecular weight excluding hydrogens is 626 g/mol. The number of amides is 2. The molecule has 12 nitrogen and oxygen atoms in total. The highest BCUT2D eigenvalue weighted by Gasteiger charge is 2.43. The van der Waals surface area contributed by atoms with Crippen molar-refractivity contribution in [1.82, 2.24) is 39.2 Å². The SMILES string of the molecule is CC(=O)c1nn(CC(=O)N2[C@H](C)[C@H](C)C[C@H]2C(=O)Nc2cncc(Br)n2)c2ccc(-c3cnc4cc(C5CC5)nn4c3)cc12. The number of hydrogen-bond donors (Lipinski definition) is 1. The summed E-state index contributed by atoms with van der Waals surface area (Å²) in [6.07, 6.45) is 9.57. The zero-order valence-corrected chi connectivity index (χ0v) is 26.0. The van der Waals surface area contributed by atoms with Gasteiger partial charge in [-0.25, -0.2) is 14.5 Å². The van der Waals surface area contributed by atoms with E-state index in [1.165, 1.54) is 19.3 Å². The number of anilines is 1. The number of carbonyl (C=O) groups is 3. The number of nitrogens with one attached hydrogen (secondary N) is 1. The van der Waals surface area contributed by atoms with Gasteiger partial charge < -0.3 is 10.2 Å². The number of ketones is 1. The molecule has 0 unspecified atom stereocenters. The summed E-state index contributed by atoms with van der Waals surface area (Å²) >= 11 is 3.26. The fourth-order valence-electron chi connectivity index (χ4n) is 6.04. The molecular formula is C31H30BrN9O3. The highest BCUT2D eigenvalue weighted by atomic mass is 79.9. The lowest BCUT2D eigenvalue weighted by molar-refractivity contribution is -0.139. The van der Waals surface area contributed by atoms with E-state index in [-0.39, 0.29) is 41.8 Å². The maximum absolute atomic E-state index is 13.8. The van der Waals surface area contributed by atoms with Crippen molar-refractivity contribution in [3.63, 3.8) is 0 Å². The smallest absolute Gasteiger partial charge is 0.248 e. The van der Waals surface area contributed by atoms with Gasteiger partial charge in [0.2, 0.25) is 11.8 Å². The van der Waals surface area contributed by atoms with Gasteiger partial charge in [-0.2, -0.15) is 10.2 Å². The van der Waals surface area contributed by atoms with Gasteiger partial charge in [0.25, 0.3) is 0 Å². The van der Waals surface area contributed by atoms with Crippen LogP contribution in [0, 0.1) is 5.92 Å². The lowest BCUT2D eigenvalue weighted by atomic mass is 10.0. The second kappa shape index (κ2) is 10.9. The molecule has 5 heterocycles. The molecule has 1 N–H and O–H groups in total. The van der Waals surface area contributed by atoms with E-state index in [4.69, 9.17) is 5.10 Å². The van der Waals surface area contributed by atoms with E-state index in [0.29, 0.717) is 33.7 Å². The summed E-state index contributed by atoms with van der Waals surface area (Å²) in [6.45, 7) is 5.32. The van der Waals surface area contributed by atoms with Crippen LogP contribution in [0.15, 0.2) is 53.7 Å². The monoisotopic (exact) mass is 655 g/mol.